The van der Waals surface area contributed by atoms with Gasteiger partial charge in [-0.1, -0.05) is 23.2 Å². The Morgan fingerprint density at radius 1 is 1.00 bits per heavy atom. The monoisotopic (exact) mass is 406 g/mol. The van der Waals surface area contributed by atoms with Gasteiger partial charge in [-0.05, 0) is 57.5 Å². The molecular formula is C19H24Cl2N6. The molecule has 4 rings (SSSR count). The van der Waals surface area contributed by atoms with Gasteiger partial charge in [0.1, 0.15) is 5.82 Å². The first-order valence-electron chi connectivity index (χ1n) is 9.56. The van der Waals surface area contributed by atoms with E-state index in [1.54, 1.807) is 18.6 Å². The number of nitrogens with one attached hydrogen (secondary N) is 1. The lowest BCUT2D eigenvalue weighted by molar-refractivity contribution is 0.198. The van der Waals surface area contributed by atoms with Gasteiger partial charge < -0.3 is 10.2 Å². The smallest absolute Gasteiger partial charge is 0.225 e. The molecular weight excluding hydrogens is 383 g/mol. The van der Waals surface area contributed by atoms with Gasteiger partial charge in [0.25, 0.3) is 0 Å². The molecule has 1 N–H and O–H groups in total. The highest BCUT2D eigenvalue weighted by atomic mass is 35.5. The molecule has 8 heteroatoms. The molecule has 6 nitrogen and oxygen atoms in total. The Hall–Kier alpha value is -1.50. The standard InChI is InChI=1S/C19H24Cl2N6/c1-12-23-11-16(21)18(26-12)17-8-14(13-2-5-22-6-3-13)4-7-27(17)19-24-9-15(20)10-25-19/h9-11,13-14,17,22H,2-8H2,1H3/t14?,17-/m1/s1. The minimum atomic E-state index is 0.0500. The van der Waals surface area contributed by atoms with Crippen LogP contribution < -0.4 is 10.2 Å². The van der Waals surface area contributed by atoms with Crippen molar-refractivity contribution in [2.75, 3.05) is 24.5 Å². The molecule has 2 aromatic rings. The molecule has 1 unspecified atom stereocenters. The lowest BCUT2D eigenvalue weighted by atomic mass is 9.76. The summed E-state index contributed by atoms with van der Waals surface area (Å²) in [6.45, 7) is 5.02. The second kappa shape index (κ2) is 8.25. The summed E-state index contributed by atoms with van der Waals surface area (Å²) in [6.07, 6.45) is 9.62. The molecule has 144 valence electrons. The maximum atomic E-state index is 6.52. The van der Waals surface area contributed by atoms with Gasteiger partial charge >= 0.3 is 0 Å². The molecule has 2 atom stereocenters. The Kier molecular flexibility index (Phi) is 5.76. The Bertz CT molecular complexity index is 778. The average Bonchev–Trinajstić information content (AvgIpc) is 2.71. The predicted molar refractivity (Wildman–Crippen MR) is 107 cm³/mol. The van der Waals surface area contributed by atoms with Crippen molar-refractivity contribution in [3.63, 3.8) is 0 Å². The van der Waals surface area contributed by atoms with Crippen LogP contribution in [0.5, 0.6) is 0 Å². The number of piperidine rings is 2. The average molecular weight is 407 g/mol. The lowest BCUT2D eigenvalue weighted by Gasteiger charge is -2.43. The molecule has 2 aliphatic rings. The first-order chi connectivity index (χ1) is 13.1. The van der Waals surface area contributed by atoms with Gasteiger partial charge in [0.05, 0.1) is 34.2 Å². The number of nitrogens with zero attached hydrogens (tertiary/aromatic N) is 5. The van der Waals surface area contributed by atoms with Gasteiger partial charge in [0, 0.05) is 12.7 Å². The molecule has 0 radical (unpaired) electrons. The van der Waals surface area contributed by atoms with Crippen LogP contribution in [0.3, 0.4) is 0 Å². The molecule has 0 spiro atoms. The summed E-state index contributed by atoms with van der Waals surface area (Å²) in [7, 11) is 0. The van der Waals surface area contributed by atoms with E-state index in [1.165, 1.54) is 12.8 Å². The molecule has 0 bridgehead atoms. The third-order valence-corrected chi connectivity index (χ3v) is 6.25. The number of rotatable bonds is 3. The fourth-order valence-corrected chi connectivity index (χ4v) is 4.71. The Balaban J connectivity index is 1.66. The maximum Gasteiger partial charge on any atom is 0.225 e. The third-order valence-electron chi connectivity index (χ3n) is 5.76. The second-order valence-electron chi connectivity index (χ2n) is 7.43. The van der Waals surface area contributed by atoms with Gasteiger partial charge in [0.2, 0.25) is 5.95 Å². The normalized spacial score (nSPS) is 24.2. The van der Waals surface area contributed by atoms with E-state index in [9.17, 15) is 0 Å². The third kappa shape index (κ3) is 4.18. The van der Waals surface area contributed by atoms with Crippen LogP contribution in [0.1, 0.15) is 43.2 Å². The second-order valence-corrected chi connectivity index (χ2v) is 8.28. The zero-order chi connectivity index (χ0) is 18.8. The number of anilines is 1. The number of hydrogen-bond donors (Lipinski definition) is 1. The number of hydrogen-bond acceptors (Lipinski definition) is 6. The summed E-state index contributed by atoms with van der Waals surface area (Å²) in [5.74, 6) is 2.83. The summed E-state index contributed by atoms with van der Waals surface area (Å²) in [5.41, 5.74) is 0.876. The predicted octanol–water partition coefficient (Wildman–Crippen LogP) is 3.84. The summed E-state index contributed by atoms with van der Waals surface area (Å²) in [4.78, 5) is 20.1. The molecule has 2 fully saturated rings. The molecule has 27 heavy (non-hydrogen) atoms. The van der Waals surface area contributed by atoms with Crippen LogP contribution in [0.2, 0.25) is 10.0 Å². The van der Waals surface area contributed by atoms with E-state index >= 15 is 0 Å². The van der Waals surface area contributed by atoms with Crippen molar-refractivity contribution in [1.29, 1.82) is 0 Å². The van der Waals surface area contributed by atoms with Crippen LogP contribution in [0.4, 0.5) is 5.95 Å². The molecule has 0 saturated carbocycles. The van der Waals surface area contributed by atoms with Crippen molar-refractivity contribution >= 4 is 29.2 Å². The number of aromatic nitrogens is 4. The topological polar surface area (TPSA) is 66.8 Å². The first kappa shape index (κ1) is 18.8. The van der Waals surface area contributed by atoms with Crippen LogP contribution >= 0.6 is 23.2 Å². The van der Waals surface area contributed by atoms with E-state index < -0.39 is 0 Å². The van der Waals surface area contributed by atoms with Crippen molar-refractivity contribution in [1.82, 2.24) is 25.3 Å². The van der Waals surface area contributed by atoms with Crippen LogP contribution in [-0.4, -0.2) is 39.6 Å². The van der Waals surface area contributed by atoms with Gasteiger partial charge in [-0.3, -0.25) is 0 Å². The van der Waals surface area contributed by atoms with E-state index in [0.717, 1.165) is 49.9 Å². The van der Waals surface area contributed by atoms with Gasteiger partial charge in [-0.25, -0.2) is 19.9 Å². The number of aryl methyl sites for hydroxylation is 1. The highest BCUT2D eigenvalue weighted by Crippen LogP contribution is 2.42. The zero-order valence-corrected chi connectivity index (χ0v) is 16.9. The van der Waals surface area contributed by atoms with Crippen molar-refractivity contribution in [2.45, 2.75) is 38.6 Å². The molecule has 2 saturated heterocycles. The molecule has 0 aromatic carbocycles. The zero-order valence-electron chi connectivity index (χ0n) is 15.4. The molecule has 4 heterocycles. The van der Waals surface area contributed by atoms with Gasteiger partial charge in [0.15, 0.2) is 0 Å². The van der Waals surface area contributed by atoms with Gasteiger partial charge in [-0.15, -0.1) is 0 Å². The van der Waals surface area contributed by atoms with Crippen LogP contribution in [0, 0.1) is 18.8 Å². The highest BCUT2D eigenvalue weighted by Gasteiger charge is 2.37. The first-order valence-corrected chi connectivity index (χ1v) is 10.3. The maximum absolute atomic E-state index is 6.52. The molecule has 2 aromatic heterocycles. The van der Waals surface area contributed by atoms with Crippen LogP contribution in [-0.2, 0) is 0 Å². The Morgan fingerprint density at radius 2 is 1.74 bits per heavy atom. The fraction of sp³-hybridized carbons (Fsp3) is 0.579. The van der Waals surface area contributed by atoms with Gasteiger partial charge in [-0.2, -0.15) is 0 Å². The van der Waals surface area contributed by atoms with Crippen molar-refractivity contribution in [3.05, 3.63) is 40.2 Å². The van der Waals surface area contributed by atoms with Crippen molar-refractivity contribution in [3.8, 4) is 0 Å². The molecule has 2 aliphatic heterocycles. The summed E-state index contributed by atoms with van der Waals surface area (Å²) >= 11 is 12.5. The van der Waals surface area contributed by atoms with Crippen LogP contribution in [0.15, 0.2) is 18.6 Å². The summed E-state index contributed by atoms with van der Waals surface area (Å²) < 4.78 is 0. The minimum absolute atomic E-state index is 0.0500. The Labute approximate surface area is 169 Å². The SMILES string of the molecule is Cc1ncc(Cl)c([C@H]2CC(C3CCNCC3)CCN2c2ncc(Cl)cn2)n1. The van der Waals surface area contributed by atoms with E-state index in [0.29, 0.717) is 21.9 Å². The molecule has 0 aliphatic carbocycles. The van der Waals surface area contributed by atoms with E-state index in [4.69, 9.17) is 28.2 Å². The molecule has 0 amide bonds. The summed E-state index contributed by atoms with van der Waals surface area (Å²) in [5, 5.41) is 4.61. The minimum Gasteiger partial charge on any atom is -0.332 e. The van der Waals surface area contributed by atoms with E-state index in [-0.39, 0.29) is 6.04 Å². The quantitative estimate of drug-likeness (QED) is 0.834. The number of halogens is 2. The van der Waals surface area contributed by atoms with Crippen molar-refractivity contribution < 1.29 is 0 Å². The van der Waals surface area contributed by atoms with Crippen LogP contribution in [0.25, 0.3) is 0 Å². The summed E-state index contributed by atoms with van der Waals surface area (Å²) in [6, 6.07) is 0.0500. The lowest BCUT2D eigenvalue weighted by Crippen LogP contribution is -2.42. The van der Waals surface area contributed by atoms with E-state index in [2.05, 4.69) is 25.2 Å². The van der Waals surface area contributed by atoms with E-state index in [1.807, 2.05) is 6.92 Å². The largest absolute Gasteiger partial charge is 0.332 e. The Morgan fingerprint density at radius 3 is 2.48 bits per heavy atom. The fourth-order valence-electron chi connectivity index (χ4n) is 4.40. The highest BCUT2D eigenvalue weighted by molar-refractivity contribution is 6.31. The van der Waals surface area contributed by atoms with Crippen molar-refractivity contribution in [2.24, 2.45) is 11.8 Å².